The average Bonchev–Trinajstić information content (AvgIpc) is 2.94. The first-order valence-electron chi connectivity index (χ1n) is 11.7. The fourth-order valence-corrected chi connectivity index (χ4v) is 3.83. The van der Waals surface area contributed by atoms with Crippen LogP contribution < -0.4 is 16.2 Å². The number of benzene rings is 2. The summed E-state index contributed by atoms with van der Waals surface area (Å²) in [5.74, 6) is 5.97. The van der Waals surface area contributed by atoms with E-state index in [1.54, 1.807) is 36.8 Å². The van der Waals surface area contributed by atoms with Crippen molar-refractivity contribution in [2.45, 2.75) is 6.54 Å². The Labute approximate surface area is 223 Å². The highest BCUT2D eigenvalue weighted by Crippen LogP contribution is 2.17. The third-order valence-corrected chi connectivity index (χ3v) is 5.81. The molecule has 5 rings (SSSR count). The van der Waals surface area contributed by atoms with Crippen LogP contribution in [0.4, 0.5) is 11.6 Å². The number of hydrogen-bond donors (Lipinski definition) is 2. The molecule has 5 aromatic rings. The van der Waals surface area contributed by atoms with E-state index in [1.807, 2.05) is 48.5 Å². The number of amides is 1. The number of rotatable bonds is 6. The number of carbonyl (C=O) groups excluding carboxylic acids is 1. The van der Waals surface area contributed by atoms with E-state index < -0.39 is 11.5 Å². The van der Waals surface area contributed by atoms with Gasteiger partial charge in [-0.25, -0.2) is 15.0 Å². The Morgan fingerprint density at radius 1 is 0.974 bits per heavy atom. The molecule has 0 aliphatic heterocycles. The van der Waals surface area contributed by atoms with Gasteiger partial charge in [0.25, 0.3) is 11.5 Å². The summed E-state index contributed by atoms with van der Waals surface area (Å²) in [4.78, 5) is 38.3. The van der Waals surface area contributed by atoms with Gasteiger partial charge in [-0.2, -0.15) is 0 Å². The highest BCUT2D eigenvalue weighted by Gasteiger charge is 2.11. The molecule has 0 bridgehead atoms. The van der Waals surface area contributed by atoms with Crippen LogP contribution in [0.5, 0.6) is 0 Å². The molecule has 3 heterocycles. The van der Waals surface area contributed by atoms with Crippen LogP contribution in [0.3, 0.4) is 0 Å². The molecule has 8 nitrogen and oxygen atoms in total. The molecule has 0 fully saturated rings. The number of nitrogens with one attached hydrogen (secondary N) is 2. The molecule has 2 N–H and O–H groups in total. The minimum Gasteiger partial charge on any atom is -0.341 e. The first-order valence-corrected chi connectivity index (χ1v) is 12.1. The molecule has 0 saturated heterocycles. The van der Waals surface area contributed by atoms with Crippen molar-refractivity contribution in [2.75, 3.05) is 11.9 Å². The summed E-state index contributed by atoms with van der Waals surface area (Å²) in [6, 6.07) is 21.9. The van der Waals surface area contributed by atoms with E-state index in [4.69, 9.17) is 11.6 Å². The second kappa shape index (κ2) is 11.4. The summed E-state index contributed by atoms with van der Waals surface area (Å²) in [5.41, 5.74) is 2.89. The van der Waals surface area contributed by atoms with Crippen LogP contribution in [0.2, 0.25) is 5.15 Å². The number of hydrogen-bond acceptors (Lipinski definition) is 6. The fourth-order valence-electron chi connectivity index (χ4n) is 3.72. The highest BCUT2D eigenvalue weighted by molar-refractivity contribution is 6.29. The van der Waals surface area contributed by atoms with Gasteiger partial charge in [-0.3, -0.25) is 9.59 Å². The SMILES string of the molecule is O=C(NCC#Cc1ccc2nc(Nc3ccccc3)ncc2c1)c1cccn(Cc2ccc(Cl)nc2)c1=O. The van der Waals surface area contributed by atoms with Gasteiger partial charge in [0.1, 0.15) is 10.7 Å². The zero-order valence-electron chi connectivity index (χ0n) is 20.1. The first kappa shape index (κ1) is 24.7. The van der Waals surface area contributed by atoms with Crippen LogP contribution >= 0.6 is 11.6 Å². The number of aromatic nitrogens is 4. The molecule has 0 spiro atoms. The number of nitrogens with zero attached hydrogens (tertiary/aromatic N) is 4. The van der Waals surface area contributed by atoms with Crippen molar-refractivity contribution in [1.82, 2.24) is 24.8 Å². The van der Waals surface area contributed by atoms with Gasteiger partial charge in [0, 0.05) is 35.2 Å². The Kier molecular flexibility index (Phi) is 7.39. The molecule has 2 aromatic carbocycles. The molecular formula is C29H21ClN6O2. The standard InChI is InChI=1S/C29H21ClN6O2/c30-26-13-11-21(17-32-26)19-36-15-5-9-24(28(36)38)27(37)31-14-4-6-20-10-12-25-22(16-20)18-33-29(35-25)34-23-7-2-1-3-8-23/h1-3,5,7-13,15-18H,14,19H2,(H,31,37)(H,33,34,35). The minimum absolute atomic E-state index is 0.0407. The lowest BCUT2D eigenvalue weighted by atomic mass is 10.1. The maximum absolute atomic E-state index is 12.8. The van der Waals surface area contributed by atoms with Crippen molar-refractivity contribution in [2.24, 2.45) is 0 Å². The predicted octanol–water partition coefficient (Wildman–Crippen LogP) is 4.41. The lowest BCUT2D eigenvalue weighted by molar-refractivity contribution is 0.0956. The van der Waals surface area contributed by atoms with Crippen LogP contribution in [0, 0.1) is 11.8 Å². The van der Waals surface area contributed by atoms with Gasteiger partial charge >= 0.3 is 0 Å². The Hall–Kier alpha value is -5.00. The summed E-state index contributed by atoms with van der Waals surface area (Å²) in [7, 11) is 0. The number of pyridine rings is 2. The van der Waals surface area contributed by atoms with Gasteiger partial charge in [-0.05, 0) is 54.1 Å². The highest BCUT2D eigenvalue weighted by atomic mass is 35.5. The van der Waals surface area contributed by atoms with Crippen LogP contribution in [0.25, 0.3) is 10.9 Å². The van der Waals surface area contributed by atoms with Gasteiger partial charge in [0.15, 0.2) is 0 Å². The monoisotopic (exact) mass is 520 g/mol. The molecule has 0 aliphatic carbocycles. The summed E-state index contributed by atoms with van der Waals surface area (Å²) in [6.07, 6.45) is 4.95. The smallest absolute Gasteiger partial charge is 0.263 e. The van der Waals surface area contributed by atoms with E-state index in [2.05, 4.69) is 37.4 Å². The molecule has 3 aromatic heterocycles. The van der Waals surface area contributed by atoms with Gasteiger partial charge in [-0.1, -0.05) is 47.7 Å². The van der Waals surface area contributed by atoms with Gasteiger partial charge in [-0.15, -0.1) is 0 Å². The summed E-state index contributed by atoms with van der Waals surface area (Å²) in [5, 5.41) is 7.08. The van der Waals surface area contributed by atoms with Gasteiger partial charge in [0.05, 0.1) is 18.6 Å². The van der Waals surface area contributed by atoms with E-state index in [1.165, 1.54) is 10.6 Å². The Bertz CT molecular complexity index is 1720. The average molecular weight is 521 g/mol. The topological polar surface area (TPSA) is 102 Å². The zero-order chi connectivity index (χ0) is 26.3. The number of para-hydroxylation sites is 1. The molecule has 0 radical (unpaired) electrons. The van der Waals surface area contributed by atoms with E-state index in [9.17, 15) is 9.59 Å². The van der Waals surface area contributed by atoms with Crippen molar-refractivity contribution >= 4 is 40.0 Å². The third-order valence-electron chi connectivity index (χ3n) is 5.59. The van der Waals surface area contributed by atoms with Crippen LogP contribution in [-0.4, -0.2) is 32.0 Å². The van der Waals surface area contributed by atoms with Crippen molar-refractivity contribution in [1.29, 1.82) is 0 Å². The lowest BCUT2D eigenvalue weighted by Crippen LogP contribution is -2.33. The second-order valence-electron chi connectivity index (χ2n) is 8.29. The van der Waals surface area contributed by atoms with Crippen molar-refractivity contribution in [3.05, 3.63) is 124 Å². The van der Waals surface area contributed by atoms with Gasteiger partial charge < -0.3 is 15.2 Å². The predicted molar refractivity (Wildman–Crippen MR) is 148 cm³/mol. The molecule has 0 aliphatic rings. The third kappa shape index (κ3) is 6.03. The molecule has 0 saturated carbocycles. The van der Waals surface area contributed by atoms with Crippen molar-refractivity contribution in [3.63, 3.8) is 0 Å². The second-order valence-corrected chi connectivity index (χ2v) is 8.67. The van der Waals surface area contributed by atoms with Crippen molar-refractivity contribution in [3.8, 4) is 11.8 Å². The largest absolute Gasteiger partial charge is 0.341 e. The van der Waals surface area contributed by atoms with E-state index in [0.29, 0.717) is 11.1 Å². The van der Waals surface area contributed by atoms with Crippen LogP contribution in [0.1, 0.15) is 21.5 Å². The van der Waals surface area contributed by atoms with Crippen molar-refractivity contribution < 1.29 is 4.79 Å². The molecular weight excluding hydrogens is 500 g/mol. The molecule has 9 heteroatoms. The maximum Gasteiger partial charge on any atom is 0.263 e. The fraction of sp³-hybridized carbons (Fsp3) is 0.0690. The first-order chi connectivity index (χ1) is 18.5. The van der Waals surface area contributed by atoms with E-state index in [-0.39, 0.29) is 18.7 Å². The maximum atomic E-state index is 12.8. The van der Waals surface area contributed by atoms with Crippen LogP contribution in [0.15, 0.2) is 96.2 Å². The molecule has 38 heavy (non-hydrogen) atoms. The van der Waals surface area contributed by atoms with E-state index >= 15 is 0 Å². The normalized spacial score (nSPS) is 10.4. The number of fused-ring (bicyclic) bond motifs is 1. The van der Waals surface area contributed by atoms with E-state index in [0.717, 1.165) is 27.7 Å². The molecule has 0 atom stereocenters. The molecule has 0 unspecified atom stereocenters. The Morgan fingerprint density at radius 3 is 2.66 bits per heavy atom. The summed E-state index contributed by atoms with van der Waals surface area (Å²) in [6.45, 7) is 0.363. The molecule has 1 amide bonds. The quantitative estimate of drug-likeness (QED) is 0.254. The van der Waals surface area contributed by atoms with Crippen LogP contribution in [-0.2, 0) is 6.54 Å². The lowest BCUT2D eigenvalue weighted by Gasteiger charge is -2.08. The minimum atomic E-state index is -0.488. The summed E-state index contributed by atoms with van der Waals surface area (Å²) >= 11 is 5.82. The number of carbonyl (C=O) groups is 1. The number of halogens is 1. The number of anilines is 2. The Morgan fingerprint density at radius 2 is 1.84 bits per heavy atom. The van der Waals surface area contributed by atoms with Gasteiger partial charge in [0.2, 0.25) is 5.95 Å². The zero-order valence-corrected chi connectivity index (χ0v) is 20.8. The Balaban J connectivity index is 1.21. The summed E-state index contributed by atoms with van der Waals surface area (Å²) < 4.78 is 1.45. The molecule has 186 valence electrons.